The van der Waals surface area contributed by atoms with Crippen LogP contribution in [-0.4, -0.2) is 21.7 Å². The Morgan fingerprint density at radius 3 is 2.69 bits per heavy atom. The smallest absolute Gasteiger partial charge is 0.185 e. The Bertz CT molecular complexity index is 180. The van der Waals surface area contributed by atoms with Gasteiger partial charge in [0.25, 0.3) is 0 Å². The Morgan fingerprint density at radius 1 is 1.46 bits per heavy atom. The Hall–Kier alpha value is -0.220. The minimum Gasteiger partial charge on any atom is -0.392 e. The Morgan fingerprint density at radius 2 is 2.15 bits per heavy atom. The lowest BCUT2D eigenvalue weighted by Gasteiger charge is -1.98. The standard InChI is InChI=1S/C9H17FO2S/c1-2-3-4-5-8-13(12)9(10)6-7-11/h6,11H,2-5,7-8H2,1H3/b9-6+. The van der Waals surface area contributed by atoms with Gasteiger partial charge in [0, 0.05) is 5.75 Å². The van der Waals surface area contributed by atoms with Gasteiger partial charge in [0.05, 0.1) is 17.4 Å². The van der Waals surface area contributed by atoms with Crippen LogP contribution in [0, 0.1) is 0 Å². The van der Waals surface area contributed by atoms with Crippen LogP contribution < -0.4 is 0 Å². The molecule has 1 unspecified atom stereocenters. The van der Waals surface area contributed by atoms with Gasteiger partial charge >= 0.3 is 0 Å². The van der Waals surface area contributed by atoms with Crippen LogP contribution in [-0.2, 0) is 10.8 Å². The first-order valence-corrected chi connectivity index (χ1v) is 5.89. The third kappa shape index (κ3) is 6.90. The van der Waals surface area contributed by atoms with Crippen LogP contribution in [0.1, 0.15) is 32.6 Å². The third-order valence-electron chi connectivity index (χ3n) is 1.65. The predicted octanol–water partition coefficient (Wildman–Crippen LogP) is 2.12. The highest BCUT2D eigenvalue weighted by atomic mass is 32.2. The fourth-order valence-electron chi connectivity index (χ4n) is 0.922. The largest absolute Gasteiger partial charge is 0.392 e. The fourth-order valence-corrected chi connectivity index (χ4v) is 1.84. The molecule has 0 amide bonds. The van der Waals surface area contributed by atoms with Gasteiger partial charge in [-0.25, -0.2) is 0 Å². The summed E-state index contributed by atoms with van der Waals surface area (Å²) in [6.07, 6.45) is 4.95. The van der Waals surface area contributed by atoms with Crippen molar-refractivity contribution in [1.82, 2.24) is 0 Å². The normalized spacial score (nSPS) is 14.5. The predicted molar refractivity (Wildman–Crippen MR) is 53.4 cm³/mol. The molecule has 13 heavy (non-hydrogen) atoms. The average molecular weight is 208 g/mol. The summed E-state index contributed by atoms with van der Waals surface area (Å²) in [4.78, 5) is 0. The zero-order chi connectivity index (χ0) is 10.1. The zero-order valence-electron chi connectivity index (χ0n) is 7.96. The van der Waals surface area contributed by atoms with Gasteiger partial charge in [-0.3, -0.25) is 4.21 Å². The summed E-state index contributed by atoms with van der Waals surface area (Å²) in [6, 6.07) is 0. The molecule has 0 fully saturated rings. The van der Waals surface area contributed by atoms with Crippen molar-refractivity contribution >= 4 is 10.8 Å². The molecule has 0 saturated carbocycles. The van der Waals surface area contributed by atoms with Crippen molar-refractivity contribution in [1.29, 1.82) is 0 Å². The summed E-state index contributed by atoms with van der Waals surface area (Å²) in [6.45, 7) is 1.70. The summed E-state index contributed by atoms with van der Waals surface area (Å²) >= 11 is 0. The maximum atomic E-state index is 12.7. The van der Waals surface area contributed by atoms with Crippen LogP contribution in [0.15, 0.2) is 11.2 Å². The van der Waals surface area contributed by atoms with Crippen molar-refractivity contribution in [3.8, 4) is 0 Å². The van der Waals surface area contributed by atoms with Crippen LogP contribution in [0.25, 0.3) is 0 Å². The highest BCUT2D eigenvalue weighted by Gasteiger charge is 2.04. The van der Waals surface area contributed by atoms with E-state index in [-0.39, 0.29) is 6.61 Å². The first kappa shape index (κ1) is 12.8. The fraction of sp³-hybridized carbons (Fsp3) is 0.778. The van der Waals surface area contributed by atoms with Gasteiger partial charge in [-0.1, -0.05) is 26.2 Å². The van der Waals surface area contributed by atoms with E-state index in [9.17, 15) is 8.60 Å². The number of halogens is 1. The van der Waals surface area contributed by atoms with E-state index in [1.807, 2.05) is 0 Å². The van der Waals surface area contributed by atoms with Gasteiger partial charge < -0.3 is 5.11 Å². The average Bonchev–Trinajstić information content (AvgIpc) is 2.12. The van der Waals surface area contributed by atoms with Crippen LogP contribution in [0.2, 0.25) is 0 Å². The number of hydrogen-bond donors (Lipinski definition) is 1. The van der Waals surface area contributed by atoms with E-state index >= 15 is 0 Å². The molecule has 78 valence electrons. The van der Waals surface area contributed by atoms with Gasteiger partial charge in [-0.05, 0) is 12.5 Å². The summed E-state index contributed by atoms with van der Waals surface area (Å²) in [5.74, 6) is 0.363. The van der Waals surface area contributed by atoms with E-state index in [1.54, 1.807) is 0 Å². The molecule has 0 spiro atoms. The molecule has 4 heteroatoms. The molecule has 0 bridgehead atoms. The lowest BCUT2D eigenvalue weighted by molar-refractivity contribution is 0.340. The molecular weight excluding hydrogens is 191 g/mol. The van der Waals surface area contributed by atoms with Gasteiger partial charge in [0.1, 0.15) is 0 Å². The molecule has 1 atom stereocenters. The topological polar surface area (TPSA) is 37.3 Å². The Balaban J connectivity index is 3.56. The van der Waals surface area contributed by atoms with E-state index in [4.69, 9.17) is 5.11 Å². The van der Waals surface area contributed by atoms with Crippen molar-refractivity contribution < 1.29 is 13.7 Å². The van der Waals surface area contributed by atoms with Crippen LogP contribution >= 0.6 is 0 Å². The maximum Gasteiger partial charge on any atom is 0.185 e. The first-order valence-electron chi connectivity index (χ1n) is 4.57. The quantitative estimate of drug-likeness (QED) is 0.651. The van der Waals surface area contributed by atoms with Crippen molar-refractivity contribution in [2.75, 3.05) is 12.4 Å². The second-order valence-corrected chi connectivity index (χ2v) is 4.29. The molecule has 2 nitrogen and oxygen atoms in total. The van der Waals surface area contributed by atoms with E-state index in [2.05, 4.69) is 6.92 Å². The van der Waals surface area contributed by atoms with Crippen LogP contribution in [0.3, 0.4) is 0 Å². The second-order valence-electron chi connectivity index (χ2n) is 2.80. The minimum atomic E-state index is -1.53. The second kappa shape index (κ2) is 8.38. The van der Waals surface area contributed by atoms with Crippen molar-refractivity contribution in [3.63, 3.8) is 0 Å². The zero-order valence-corrected chi connectivity index (χ0v) is 8.78. The van der Waals surface area contributed by atoms with E-state index < -0.39 is 16.0 Å². The molecule has 0 aromatic heterocycles. The van der Waals surface area contributed by atoms with E-state index in [1.165, 1.54) is 0 Å². The molecule has 1 N–H and O–H groups in total. The van der Waals surface area contributed by atoms with Crippen LogP contribution in [0.4, 0.5) is 4.39 Å². The number of aliphatic hydroxyl groups is 1. The number of aliphatic hydroxyl groups excluding tert-OH is 1. The lowest BCUT2D eigenvalue weighted by Crippen LogP contribution is -1.98. The van der Waals surface area contributed by atoms with Gasteiger partial charge in [-0.15, -0.1) is 0 Å². The monoisotopic (exact) mass is 208 g/mol. The molecule has 0 aliphatic carbocycles. The van der Waals surface area contributed by atoms with Gasteiger partial charge in [0.15, 0.2) is 5.16 Å². The molecule has 0 rings (SSSR count). The molecule has 0 radical (unpaired) electrons. The van der Waals surface area contributed by atoms with E-state index in [0.29, 0.717) is 5.75 Å². The maximum absolute atomic E-state index is 12.7. The Kier molecular flexibility index (Phi) is 8.24. The summed E-state index contributed by atoms with van der Waals surface area (Å²) < 4.78 is 23.8. The highest BCUT2D eigenvalue weighted by molar-refractivity contribution is 7.88. The molecule has 0 heterocycles. The molecule has 0 saturated heterocycles. The molecule has 0 aromatic rings. The van der Waals surface area contributed by atoms with E-state index in [0.717, 1.165) is 31.8 Å². The van der Waals surface area contributed by atoms with Crippen molar-refractivity contribution in [2.24, 2.45) is 0 Å². The van der Waals surface area contributed by atoms with Crippen molar-refractivity contribution in [3.05, 3.63) is 11.2 Å². The van der Waals surface area contributed by atoms with Crippen LogP contribution in [0.5, 0.6) is 0 Å². The highest BCUT2D eigenvalue weighted by Crippen LogP contribution is 2.07. The number of hydrogen-bond acceptors (Lipinski definition) is 2. The van der Waals surface area contributed by atoms with Gasteiger partial charge in [0.2, 0.25) is 0 Å². The van der Waals surface area contributed by atoms with Crippen molar-refractivity contribution in [2.45, 2.75) is 32.6 Å². The molecule has 0 aliphatic rings. The minimum absolute atomic E-state index is 0.363. The summed E-state index contributed by atoms with van der Waals surface area (Å²) in [5, 5.41) is 7.65. The molecule has 0 aliphatic heterocycles. The first-order chi connectivity index (χ1) is 6.22. The Labute approximate surface area is 81.3 Å². The lowest BCUT2D eigenvalue weighted by atomic mass is 10.2. The number of unbranched alkanes of at least 4 members (excludes halogenated alkanes) is 3. The summed E-state index contributed by atoms with van der Waals surface area (Å²) in [7, 11) is -1.53. The molecule has 0 aromatic carbocycles. The summed E-state index contributed by atoms with van der Waals surface area (Å²) in [5.41, 5.74) is 0. The SMILES string of the molecule is CCCCCCS(=O)/C(F)=C/CO. The molecular formula is C9H17FO2S. The number of rotatable bonds is 7. The van der Waals surface area contributed by atoms with Gasteiger partial charge in [-0.2, -0.15) is 4.39 Å². The third-order valence-corrected chi connectivity index (χ3v) is 2.91.